The van der Waals surface area contributed by atoms with Crippen molar-refractivity contribution < 1.29 is 19.9 Å². The first-order valence-electron chi connectivity index (χ1n) is 17.9. The highest BCUT2D eigenvalue weighted by Crippen LogP contribution is 2.20. The molecule has 0 aliphatic rings. The summed E-state index contributed by atoms with van der Waals surface area (Å²) < 4.78 is 0. The Balaban J connectivity index is 3.75. The van der Waals surface area contributed by atoms with Gasteiger partial charge >= 0.3 is 0 Å². The lowest BCUT2D eigenvalue weighted by Crippen LogP contribution is -2.34. The first-order chi connectivity index (χ1) is 19.7. The van der Waals surface area contributed by atoms with Crippen LogP contribution in [0.5, 0.6) is 0 Å². The summed E-state index contributed by atoms with van der Waals surface area (Å²) >= 11 is 0. The lowest BCUT2D eigenvalue weighted by molar-refractivity contribution is -0.318. The number of rotatable bonds is 33. The molecular formula is C35H71NO4. The van der Waals surface area contributed by atoms with E-state index in [2.05, 4.69) is 13.8 Å². The maximum absolute atomic E-state index is 12.7. The summed E-state index contributed by atoms with van der Waals surface area (Å²) in [5.74, 6) is -0.613. The van der Waals surface area contributed by atoms with E-state index in [-0.39, 0.29) is 18.4 Å². The van der Waals surface area contributed by atoms with Gasteiger partial charge in [0.05, 0.1) is 6.61 Å². The predicted octanol–water partition coefficient (Wildman–Crippen LogP) is 11.1. The Morgan fingerprint density at radius 2 is 0.850 bits per heavy atom. The number of aliphatic hydroxyl groups is 1. The Bertz CT molecular complexity index is 502. The minimum absolute atomic E-state index is 0.0769. The van der Waals surface area contributed by atoms with Crippen molar-refractivity contribution in [1.29, 1.82) is 0 Å². The van der Waals surface area contributed by atoms with Crippen LogP contribution in [0.15, 0.2) is 0 Å². The molecule has 0 saturated heterocycles. The lowest BCUT2D eigenvalue weighted by Gasteiger charge is -2.21. The number of unbranched alkanes of at least 4 members (excludes halogenated alkanes) is 24. The first-order valence-corrected chi connectivity index (χ1v) is 17.9. The van der Waals surface area contributed by atoms with E-state index in [0.29, 0.717) is 24.7 Å². The van der Waals surface area contributed by atoms with Crippen molar-refractivity contribution in [2.75, 3.05) is 13.2 Å². The third-order valence-electron chi connectivity index (χ3n) is 8.37. The Morgan fingerprint density at radius 3 is 1.23 bits per heavy atom. The van der Waals surface area contributed by atoms with Crippen LogP contribution in [-0.2, 0) is 9.63 Å². The van der Waals surface area contributed by atoms with Gasteiger partial charge in [0.25, 0.3) is 5.91 Å². The number of hydroxylamine groups is 2. The fraction of sp³-hybridized carbons (Fsp3) is 0.971. The van der Waals surface area contributed by atoms with Gasteiger partial charge in [-0.25, -0.2) is 4.84 Å². The van der Waals surface area contributed by atoms with Crippen molar-refractivity contribution in [3.05, 3.63) is 0 Å². The van der Waals surface area contributed by atoms with Gasteiger partial charge in [0.2, 0.25) is 0 Å². The average Bonchev–Trinajstić information content (AvgIpc) is 2.96. The number of hydrogen-bond acceptors (Lipinski definition) is 4. The second kappa shape index (κ2) is 32.9. The molecule has 0 radical (unpaired) electrons. The topological polar surface area (TPSA) is 70.0 Å². The number of carbonyl (C=O) groups is 1. The highest BCUT2D eigenvalue weighted by molar-refractivity contribution is 5.76. The summed E-state index contributed by atoms with van der Waals surface area (Å²) in [5.41, 5.74) is 0. The van der Waals surface area contributed by atoms with Gasteiger partial charge in [0.15, 0.2) is 0 Å². The Kier molecular flexibility index (Phi) is 32.3. The molecule has 1 atom stereocenters. The van der Waals surface area contributed by atoms with Crippen LogP contribution >= 0.6 is 0 Å². The SMILES string of the molecule is CCCCCCCCCCCCCCCCON(O)C(=O)C(CCCO)CCCCCCCCCCCCCC. The summed E-state index contributed by atoms with van der Waals surface area (Å²) in [5, 5.41) is 19.9. The van der Waals surface area contributed by atoms with Crippen LogP contribution in [0.1, 0.15) is 200 Å². The van der Waals surface area contributed by atoms with Crippen molar-refractivity contribution in [3.63, 3.8) is 0 Å². The fourth-order valence-corrected chi connectivity index (χ4v) is 5.63. The van der Waals surface area contributed by atoms with Crippen LogP contribution in [0.4, 0.5) is 0 Å². The van der Waals surface area contributed by atoms with Crippen LogP contribution in [0.25, 0.3) is 0 Å². The Hall–Kier alpha value is -0.650. The molecule has 0 rings (SSSR count). The zero-order chi connectivity index (χ0) is 29.4. The van der Waals surface area contributed by atoms with Crippen molar-refractivity contribution in [3.8, 4) is 0 Å². The summed E-state index contributed by atoms with van der Waals surface area (Å²) in [4.78, 5) is 18.1. The van der Waals surface area contributed by atoms with Crippen molar-refractivity contribution in [2.24, 2.45) is 5.92 Å². The molecular weight excluding hydrogens is 498 g/mol. The van der Waals surface area contributed by atoms with Gasteiger partial charge in [-0.2, -0.15) is 0 Å². The molecule has 0 aromatic rings. The van der Waals surface area contributed by atoms with Crippen molar-refractivity contribution in [2.45, 2.75) is 200 Å². The molecule has 0 saturated carbocycles. The molecule has 0 aliphatic carbocycles. The van der Waals surface area contributed by atoms with Crippen LogP contribution in [0.3, 0.4) is 0 Å². The average molecular weight is 570 g/mol. The van der Waals surface area contributed by atoms with Crippen LogP contribution in [0, 0.1) is 5.92 Å². The molecule has 40 heavy (non-hydrogen) atoms. The van der Waals surface area contributed by atoms with E-state index in [1.807, 2.05) is 0 Å². The van der Waals surface area contributed by atoms with E-state index in [1.165, 1.54) is 141 Å². The van der Waals surface area contributed by atoms with Gasteiger partial charge in [0, 0.05) is 12.5 Å². The zero-order valence-corrected chi connectivity index (χ0v) is 27.2. The smallest absolute Gasteiger partial charge is 0.276 e. The molecule has 1 unspecified atom stereocenters. The van der Waals surface area contributed by atoms with Crippen LogP contribution in [0.2, 0.25) is 0 Å². The maximum Gasteiger partial charge on any atom is 0.276 e. The third kappa shape index (κ3) is 27.5. The molecule has 0 aromatic carbocycles. The van der Waals surface area contributed by atoms with Gasteiger partial charge in [-0.15, -0.1) is 0 Å². The van der Waals surface area contributed by atoms with Crippen molar-refractivity contribution >= 4 is 5.91 Å². The third-order valence-corrected chi connectivity index (χ3v) is 8.37. The fourth-order valence-electron chi connectivity index (χ4n) is 5.63. The molecule has 0 aromatic heterocycles. The van der Waals surface area contributed by atoms with Gasteiger partial charge < -0.3 is 5.11 Å². The number of carbonyl (C=O) groups excluding carboxylic acids is 1. The molecule has 0 aliphatic heterocycles. The van der Waals surface area contributed by atoms with E-state index in [4.69, 9.17) is 4.84 Å². The van der Waals surface area contributed by atoms with E-state index < -0.39 is 0 Å². The Labute approximate surface area is 250 Å². The van der Waals surface area contributed by atoms with Gasteiger partial charge in [-0.1, -0.05) is 180 Å². The molecule has 1 amide bonds. The monoisotopic (exact) mass is 570 g/mol. The van der Waals surface area contributed by atoms with Gasteiger partial charge in [-0.05, 0) is 25.7 Å². The summed E-state index contributed by atoms with van der Waals surface area (Å²) in [6, 6.07) is 0. The second-order valence-electron chi connectivity index (χ2n) is 12.3. The van der Waals surface area contributed by atoms with E-state index in [9.17, 15) is 15.1 Å². The summed E-state index contributed by atoms with van der Waals surface area (Å²) in [6.45, 7) is 4.99. The standard InChI is InChI=1S/C35H71NO4/c1-3-5-7-9-11-13-15-17-18-20-22-24-26-28-33-40-36(39)35(38)34(31-29-32-37)30-27-25-23-21-19-16-14-12-10-8-6-4-2/h34,37,39H,3-33H2,1-2H3. The number of amides is 1. The van der Waals surface area contributed by atoms with Gasteiger partial charge in [-0.3, -0.25) is 10.0 Å². The molecule has 240 valence electrons. The maximum atomic E-state index is 12.7. The molecule has 0 spiro atoms. The molecule has 0 bridgehead atoms. The van der Waals surface area contributed by atoms with E-state index in [1.54, 1.807) is 0 Å². The molecule has 0 fully saturated rings. The number of nitrogens with zero attached hydrogens (tertiary/aromatic N) is 1. The minimum atomic E-state index is -0.345. The summed E-state index contributed by atoms with van der Waals surface area (Å²) in [6.07, 6.45) is 35.6. The van der Waals surface area contributed by atoms with Gasteiger partial charge in [0.1, 0.15) is 0 Å². The molecule has 5 heteroatoms. The minimum Gasteiger partial charge on any atom is -0.396 e. The summed E-state index contributed by atoms with van der Waals surface area (Å²) in [7, 11) is 0. The highest BCUT2D eigenvalue weighted by Gasteiger charge is 2.23. The van der Waals surface area contributed by atoms with Crippen LogP contribution in [-0.4, -0.2) is 34.7 Å². The predicted molar refractivity (Wildman–Crippen MR) is 170 cm³/mol. The quantitative estimate of drug-likeness (QED) is 0.0468. The largest absolute Gasteiger partial charge is 0.396 e. The van der Waals surface area contributed by atoms with Crippen molar-refractivity contribution in [1.82, 2.24) is 5.23 Å². The highest BCUT2D eigenvalue weighted by atomic mass is 16.9. The molecule has 0 heterocycles. The van der Waals surface area contributed by atoms with Crippen LogP contribution < -0.4 is 0 Å². The lowest BCUT2D eigenvalue weighted by atomic mass is 9.95. The first kappa shape index (κ1) is 39.4. The van der Waals surface area contributed by atoms with E-state index in [0.717, 1.165) is 32.1 Å². The number of aliphatic hydroxyl groups excluding tert-OH is 1. The second-order valence-corrected chi connectivity index (χ2v) is 12.3. The normalized spacial score (nSPS) is 12.2. The molecule has 2 N–H and O–H groups in total. The molecule has 5 nitrogen and oxygen atoms in total. The Morgan fingerprint density at radius 1 is 0.525 bits per heavy atom. The number of hydrogen-bond donors (Lipinski definition) is 2. The van der Waals surface area contributed by atoms with E-state index >= 15 is 0 Å². The zero-order valence-electron chi connectivity index (χ0n) is 27.2.